The molecule has 0 unspecified atom stereocenters. The number of hydrogen-bond donors (Lipinski definition) is 1. The maximum atomic E-state index is 12.4. The summed E-state index contributed by atoms with van der Waals surface area (Å²) in [4.78, 5) is 0.122. The van der Waals surface area contributed by atoms with Crippen LogP contribution in [0.1, 0.15) is 26.7 Å². The van der Waals surface area contributed by atoms with Crippen LogP contribution in [-0.2, 0) is 10.0 Å². The molecule has 1 aromatic rings. The Kier molecular flexibility index (Phi) is 5.44. The molecule has 18 heavy (non-hydrogen) atoms. The van der Waals surface area contributed by atoms with Crippen molar-refractivity contribution in [3.8, 4) is 0 Å². The molecule has 0 saturated carbocycles. The van der Waals surface area contributed by atoms with Gasteiger partial charge in [0, 0.05) is 18.8 Å². The van der Waals surface area contributed by atoms with Crippen molar-refractivity contribution in [1.82, 2.24) is 4.31 Å². The first-order valence-corrected chi connectivity index (χ1v) is 7.80. The maximum absolute atomic E-state index is 12.4. The number of anilines is 1. The summed E-state index contributed by atoms with van der Waals surface area (Å²) in [5.41, 5.74) is 6.02. The standard InChI is InChI=1S/C12H19ClN2O2S/c1-3-5-8-15(4-2)18(16,17)12-7-6-10(14)9-11(12)13/h6-7,9H,3-5,8,14H2,1-2H3. The Bertz CT molecular complexity index is 503. The average Bonchev–Trinajstić information content (AvgIpc) is 2.29. The lowest BCUT2D eigenvalue weighted by Crippen LogP contribution is -2.32. The van der Waals surface area contributed by atoms with Crippen molar-refractivity contribution in [3.05, 3.63) is 23.2 Å². The molecule has 0 aliphatic carbocycles. The molecule has 1 aromatic carbocycles. The van der Waals surface area contributed by atoms with Crippen molar-refractivity contribution in [2.75, 3.05) is 18.8 Å². The number of nitrogen functional groups attached to an aromatic ring is 1. The fourth-order valence-corrected chi connectivity index (χ4v) is 3.66. The number of unbranched alkanes of at least 4 members (excludes halogenated alkanes) is 1. The van der Waals surface area contributed by atoms with Crippen LogP contribution in [-0.4, -0.2) is 25.8 Å². The average molecular weight is 291 g/mol. The number of halogens is 1. The monoisotopic (exact) mass is 290 g/mol. The molecule has 0 aliphatic heterocycles. The van der Waals surface area contributed by atoms with E-state index in [1.54, 1.807) is 6.07 Å². The first-order valence-electron chi connectivity index (χ1n) is 5.98. The Morgan fingerprint density at radius 2 is 2.00 bits per heavy atom. The van der Waals surface area contributed by atoms with Gasteiger partial charge in [0.15, 0.2) is 0 Å². The van der Waals surface area contributed by atoms with E-state index in [-0.39, 0.29) is 9.92 Å². The topological polar surface area (TPSA) is 63.4 Å². The fourth-order valence-electron chi connectivity index (χ4n) is 1.65. The van der Waals surface area contributed by atoms with Gasteiger partial charge in [0.25, 0.3) is 0 Å². The molecule has 0 aromatic heterocycles. The number of nitrogens with zero attached hydrogens (tertiary/aromatic N) is 1. The normalized spacial score (nSPS) is 12.0. The van der Waals surface area contributed by atoms with Crippen LogP contribution in [0.2, 0.25) is 5.02 Å². The number of benzene rings is 1. The summed E-state index contributed by atoms with van der Waals surface area (Å²) in [6.07, 6.45) is 1.78. The third-order valence-corrected chi connectivity index (χ3v) is 5.14. The highest BCUT2D eigenvalue weighted by Gasteiger charge is 2.24. The summed E-state index contributed by atoms with van der Waals surface area (Å²) < 4.78 is 26.2. The molecule has 0 fully saturated rings. The van der Waals surface area contributed by atoms with E-state index in [1.165, 1.54) is 16.4 Å². The molecule has 6 heteroatoms. The summed E-state index contributed by atoms with van der Waals surface area (Å²) in [5, 5.41) is 0.171. The molecular weight excluding hydrogens is 272 g/mol. The molecule has 0 aliphatic rings. The zero-order valence-electron chi connectivity index (χ0n) is 10.7. The van der Waals surface area contributed by atoms with Crippen molar-refractivity contribution in [2.24, 2.45) is 0 Å². The summed E-state index contributed by atoms with van der Waals surface area (Å²) in [6.45, 7) is 4.79. The molecule has 0 bridgehead atoms. The Labute approximate surface area is 114 Å². The molecule has 0 atom stereocenters. The quantitative estimate of drug-likeness (QED) is 0.819. The minimum absolute atomic E-state index is 0.122. The highest BCUT2D eigenvalue weighted by atomic mass is 35.5. The lowest BCUT2D eigenvalue weighted by atomic mass is 10.3. The Morgan fingerprint density at radius 1 is 1.33 bits per heavy atom. The third kappa shape index (κ3) is 3.37. The first kappa shape index (κ1) is 15.3. The Balaban J connectivity index is 3.10. The molecule has 4 nitrogen and oxygen atoms in total. The smallest absolute Gasteiger partial charge is 0.244 e. The zero-order chi connectivity index (χ0) is 13.8. The van der Waals surface area contributed by atoms with E-state index in [4.69, 9.17) is 17.3 Å². The maximum Gasteiger partial charge on any atom is 0.244 e. The van der Waals surface area contributed by atoms with Crippen molar-refractivity contribution >= 4 is 27.3 Å². The molecular formula is C12H19ClN2O2S. The molecule has 1 rings (SSSR count). The van der Waals surface area contributed by atoms with E-state index in [1.807, 2.05) is 13.8 Å². The third-order valence-electron chi connectivity index (χ3n) is 2.69. The Morgan fingerprint density at radius 3 is 2.50 bits per heavy atom. The second-order valence-corrected chi connectivity index (χ2v) is 6.35. The molecule has 102 valence electrons. The van der Waals surface area contributed by atoms with Gasteiger partial charge in [0.2, 0.25) is 10.0 Å². The van der Waals surface area contributed by atoms with E-state index in [0.29, 0.717) is 18.8 Å². The molecule has 0 spiro atoms. The van der Waals surface area contributed by atoms with Gasteiger partial charge in [0.1, 0.15) is 4.90 Å². The lowest BCUT2D eigenvalue weighted by molar-refractivity contribution is 0.419. The second kappa shape index (κ2) is 6.41. The van der Waals surface area contributed by atoms with Crippen LogP contribution in [0, 0.1) is 0 Å². The van der Waals surface area contributed by atoms with Crippen LogP contribution in [0.4, 0.5) is 5.69 Å². The SMILES string of the molecule is CCCCN(CC)S(=O)(=O)c1ccc(N)cc1Cl. The number of sulfonamides is 1. The lowest BCUT2D eigenvalue weighted by Gasteiger charge is -2.20. The van der Waals surface area contributed by atoms with Gasteiger partial charge >= 0.3 is 0 Å². The van der Waals surface area contributed by atoms with Crippen LogP contribution < -0.4 is 5.73 Å². The van der Waals surface area contributed by atoms with Gasteiger partial charge in [-0.2, -0.15) is 4.31 Å². The Hall–Kier alpha value is -0.780. The van der Waals surface area contributed by atoms with E-state index >= 15 is 0 Å². The van der Waals surface area contributed by atoms with Crippen LogP contribution in [0.25, 0.3) is 0 Å². The summed E-state index contributed by atoms with van der Waals surface area (Å²) >= 11 is 5.96. The van der Waals surface area contributed by atoms with Crippen LogP contribution in [0.15, 0.2) is 23.1 Å². The van der Waals surface area contributed by atoms with Gasteiger partial charge in [-0.3, -0.25) is 0 Å². The van der Waals surface area contributed by atoms with E-state index in [2.05, 4.69) is 0 Å². The minimum atomic E-state index is -3.52. The second-order valence-electron chi connectivity index (χ2n) is 4.04. The highest BCUT2D eigenvalue weighted by Crippen LogP contribution is 2.26. The van der Waals surface area contributed by atoms with Crippen molar-refractivity contribution in [3.63, 3.8) is 0 Å². The molecule has 0 amide bonds. The predicted octanol–water partition coefficient (Wildman–Crippen LogP) is 2.73. The summed E-state index contributed by atoms with van der Waals surface area (Å²) in [5.74, 6) is 0. The van der Waals surface area contributed by atoms with Crippen molar-refractivity contribution in [1.29, 1.82) is 0 Å². The van der Waals surface area contributed by atoms with Gasteiger partial charge in [-0.05, 0) is 24.6 Å². The van der Waals surface area contributed by atoms with Gasteiger partial charge in [-0.1, -0.05) is 31.9 Å². The van der Waals surface area contributed by atoms with Gasteiger partial charge in [-0.15, -0.1) is 0 Å². The van der Waals surface area contributed by atoms with Crippen molar-refractivity contribution in [2.45, 2.75) is 31.6 Å². The molecule has 0 heterocycles. The van der Waals surface area contributed by atoms with E-state index in [9.17, 15) is 8.42 Å². The minimum Gasteiger partial charge on any atom is -0.399 e. The van der Waals surface area contributed by atoms with E-state index in [0.717, 1.165) is 12.8 Å². The van der Waals surface area contributed by atoms with Crippen LogP contribution in [0.5, 0.6) is 0 Å². The number of hydrogen-bond acceptors (Lipinski definition) is 3. The summed E-state index contributed by atoms with van der Waals surface area (Å²) in [6, 6.07) is 4.47. The first-order chi connectivity index (χ1) is 8.43. The molecule has 0 saturated heterocycles. The largest absolute Gasteiger partial charge is 0.399 e. The molecule has 0 radical (unpaired) electrons. The highest BCUT2D eigenvalue weighted by molar-refractivity contribution is 7.89. The number of rotatable bonds is 6. The van der Waals surface area contributed by atoms with E-state index < -0.39 is 10.0 Å². The summed E-state index contributed by atoms with van der Waals surface area (Å²) in [7, 11) is -3.52. The van der Waals surface area contributed by atoms with Gasteiger partial charge in [0.05, 0.1) is 5.02 Å². The van der Waals surface area contributed by atoms with Crippen LogP contribution in [0.3, 0.4) is 0 Å². The van der Waals surface area contributed by atoms with Gasteiger partial charge in [-0.25, -0.2) is 8.42 Å². The predicted molar refractivity (Wildman–Crippen MR) is 75.2 cm³/mol. The molecule has 2 N–H and O–H groups in total. The van der Waals surface area contributed by atoms with Crippen LogP contribution >= 0.6 is 11.6 Å². The zero-order valence-corrected chi connectivity index (χ0v) is 12.3. The fraction of sp³-hybridized carbons (Fsp3) is 0.500. The number of nitrogens with two attached hydrogens (primary N) is 1. The van der Waals surface area contributed by atoms with Crippen molar-refractivity contribution < 1.29 is 8.42 Å². The van der Waals surface area contributed by atoms with Gasteiger partial charge < -0.3 is 5.73 Å².